The molecule has 1 saturated heterocycles. The predicted octanol–water partition coefficient (Wildman–Crippen LogP) is 2.98. The molecular weight excluding hydrogens is 460 g/mol. The smallest absolute Gasteiger partial charge is 0.233 e. The minimum atomic E-state index is -3.05. The van der Waals surface area contributed by atoms with E-state index in [1.165, 1.54) is 16.7 Å². The lowest BCUT2D eigenvalue weighted by Crippen LogP contribution is -2.38. The number of aromatic nitrogens is 3. The van der Waals surface area contributed by atoms with Crippen molar-refractivity contribution in [1.29, 1.82) is 0 Å². The second kappa shape index (κ2) is 9.05. The van der Waals surface area contributed by atoms with E-state index in [4.69, 9.17) is 16.0 Å². The molecule has 0 spiro atoms. The zero-order valence-corrected chi connectivity index (χ0v) is 19.2. The molecule has 0 bridgehead atoms. The first kappa shape index (κ1) is 21.9. The molecule has 3 heterocycles. The van der Waals surface area contributed by atoms with E-state index in [9.17, 15) is 13.2 Å². The zero-order valence-electron chi connectivity index (χ0n) is 16.8. The van der Waals surface area contributed by atoms with Gasteiger partial charge in [0.05, 0.1) is 30.1 Å². The average molecular weight is 481 g/mol. The molecule has 0 aliphatic carbocycles. The van der Waals surface area contributed by atoms with Crippen LogP contribution >= 0.6 is 23.4 Å². The summed E-state index contributed by atoms with van der Waals surface area (Å²) in [5.41, 5.74) is 0.843. The molecule has 1 aliphatic rings. The van der Waals surface area contributed by atoms with Crippen molar-refractivity contribution in [3.8, 4) is 11.4 Å². The normalized spacial score (nSPS) is 17.7. The second-order valence-electron chi connectivity index (χ2n) is 7.33. The van der Waals surface area contributed by atoms with Crippen LogP contribution in [0, 0.1) is 0 Å². The third-order valence-electron chi connectivity index (χ3n) is 5.19. The van der Waals surface area contributed by atoms with Crippen LogP contribution in [0.5, 0.6) is 0 Å². The number of rotatable bonds is 7. The lowest BCUT2D eigenvalue weighted by molar-refractivity contribution is -0.128. The van der Waals surface area contributed by atoms with Crippen molar-refractivity contribution in [1.82, 2.24) is 19.7 Å². The highest BCUT2D eigenvalue weighted by atomic mass is 35.5. The fraction of sp³-hybridized carbons (Fsp3) is 0.350. The van der Waals surface area contributed by atoms with Gasteiger partial charge in [0.2, 0.25) is 5.91 Å². The maximum absolute atomic E-state index is 12.7. The highest BCUT2D eigenvalue weighted by Gasteiger charge is 2.32. The number of halogens is 1. The fourth-order valence-electron chi connectivity index (χ4n) is 3.42. The molecule has 11 heteroatoms. The summed E-state index contributed by atoms with van der Waals surface area (Å²) in [6.45, 7) is 0.408. The van der Waals surface area contributed by atoms with Crippen molar-refractivity contribution in [2.24, 2.45) is 0 Å². The van der Waals surface area contributed by atoms with Gasteiger partial charge in [0.25, 0.3) is 0 Å². The van der Waals surface area contributed by atoms with Gasteiger partial charge in [0.1, 0.15) is 5.76 Å². The van der Waals surface area contributed by atoms with Crippen molar-refractivity contribution < 1.29 is 17.6 Å². The van der Waals surface area contributed by atoms with Gasteiger partial charge in [-0.3, -0.25) is 9.36 Å². The summed E-state index contributed by atoms with van der Waals surface area (Å²) in [6, 6.07) is 10.7. The lowest BCUT2D eigenvalue weighted by atomic mass is 10.2. The first-order valence-corrected chi connectivity index (χ1v) is 12.8. The Morgan fingerprint density at radius 3 is 2.71 bits per heavy atom. The molecule has 1 unspecified atom stereocenters. The summed E-state index contributed by atoms with van der Waals surface area (Å²) in [5, 5.41) is 9.80. The summed E-state index contributed by atoms with van der Waals surface area (Å²) in [5.74, 6) is 1.51. The third-order valence-corrected chi connectivity index (χ3v) is 8.14. The maximum Gasteiger partial charge on any atom is 0.233 e. The molecule has 2 aromatic heterocycles. The van der Waals surface area contributed by atoms with Crippen LogP contribution in [-0.2, 0) is 21.2 Å². The van der Waals surface area contributed by atoms with Crippen molar-refractivity contribution in [2.75, 3.05) is 24.3 Å². The van der Waals surface area contributed by atoms with E-state index < -0.39 is 9.84 Å². The average Bonchev–Trinajstić information content (AvgIpc) is 3.47. The number of nitrogens with zero attached hydrogens (tertiary/aromatic N) is 4. The molecule has 164 valence electrons. The van der Waals surface area contributed by atoms with Crippen LogP contribution in [-0.4, -0.2) is 64.3 Å². The van der Waals surface area contributed by atoms with Gasteiger partial charge in [0, 0.05) is 23.7 Å². The lowest BCUT2D eigenvalue weighted by Gasteiger charge is -2.23. The Balaban J connectivity index is 1.52. The van der Waals surface area contributed by atoms with E-state index >= 15 is 0 Å². The van der Waals surface area contributed by atoms with Crippen LogP contribution < -0.4 is 0 Å². The fourth-order valence-corrected chi connectivity index (χ4v) is 6.18. The Kier molecular flexibility index (Phi) is 6.40. The molecule has 1 aromatic carbocycles. The number of sulfone groups is 1. The number of amides is 1. The Morgan fingerprint density at radius 1 is 1.29 bits per heavy atom. The highest BCUT2D eigenvalue weighted by molar-refractivity contribution is 7.99. The molecule has 4 rings (SSSR count). The van der Waals surface area contributed by atoms with Crippen LogP contribution in [0.25, 0.3) is 11.4 Å². The zero-order chi connectivity index (χ0) is 22.0. The van der Waals surface area contributed by atoms with E-state index in [0.29, 0.717) is 29.0 Å². The standard InChI is InChI=1S/C20H21ClN4O4S2/c1-24(16-8-10-31(27,28)13-16)18(26)12-30-20-23-22-19(14-4-6-15(21)7-5-14)25(20)11-17-3-2-9-29-17/h2-7,9,16H,8,10-13H2,1H3. The molecule has 1 aliphatic heterocycles. The van der Waals surface area contributed by atoms with Crippen LogP contribution in [0.2, 0.25) is 5.02 Å². The van der Waals surface area contributed by atoms with Gasteiger partial charge in [0.15, 0.2) is 20.8 Å². The first-order chi connectivity index (χ1) is 14.8. The minimum Gasteiger partial charge on any atom is -0.467 e. The Bertz CT molecular complexity index is 1160. The molecule has 0 radical (unpaired) electrons. The van der Waals surface area contributed by atoms with Crippen molar-refractivity contribution in [3.63, 3.8) is 0 Å². The van der Waals surface area contributed by atoms with Crippen LogP contribution in [0.1, 0.15) is 12.2 Å². The summed E-state index contributed by atoms with van der Waals surface area (Å²) < 4.78 is 30.8. The molecule has 3 aromatic rings. The number of hydrogen-bond donors (Lipinski definition) is 0. The van der Waals surface area contributed by atoms with E-state index in [-0.39, 0.29) is 29.2 Å². The second-order valence-corrected chi connectivity index (χ2v) is 10.9. The van der Waals surface area contributed by atoms with E-state index in [2.05, 4.69) is 10.2 Å². The minimum absolute atomic E-state index is 0.0231. The number of thioether (sulfide) groups is 1. The molecule has 0 saturated carbocycles. The van der Waals surface area contributed by atoms with Gasteiger partial charge in [-0.2, -0.15) is 0 Å². The van der Waals surface area contributed by atoms with Gasteiger partial charge in [-0.15, -0.1) is 10.2 Å². The van der Waals surface area contributed by atoms with Crippen LogP contribution in [0.3, 0.4) is 0 Å². The predicted molar refractivity (Wildman–Crippen MR) is 119 cm³/mol. The molecule has 1 atom stereocenters. The summed E-state index contributed by atoms with van der Waals surface area (Å²) in [4.78, 5) is 14.2. The van der Waals surface area contributed by atoms with E-state index in [1.807, 2.05) is 28.8 Å². The summed E-state index contributed by atoms with van der Waals surface area (Å²) in [6.07, 6.45) is 2.08. The number of benzene rings is 1. The quantitative estimate of drug-likeness (QED) is 0.479. The van der Waals surface area contributed by atoms with Gasteiger partial charge in [-0.1, -0.05) is 23.4 Å². The number of carbonyl (C=O) groups is 1. The SMILES string of the molecule is CN(C(=O)CSc1nnc(-c2ccc(Cl)cc2)n1Cc1ccco1)C1CCS(=O)(=O)C1. The Labute approximate surface area is 189 Å². The van der Waals surface area contributed by atoms with Crippen LogP contribution in [0.4, 0.5) is 0 Å². The van der Waals surface area contributed by atoms with Gasteiger partial charge in [-0.25, -0.2) is 8.42 Å². The largest absolute Gasteiger partial charge is 0.467 e. The summed E-state index contributed by atoms with van der Waals surface area (Å²) >= 11 is 7.27. The van der Waals surface area contributed by atoms with Gasteiger partial charge in [-0.05, 0) is 42.8 Å². The molecule has 8 nitrogen and oxygen atoms in total. The highest BCUT2D eigenvalue weighted by Crippen LogP contribution is 2.27. The van der Waals surface area contributed by atoms with Crippen molar-refractivity contribution in [2.45, 2.75) is 24.2 Å². The van der Waals surface area contributed by atoms with E-state index in [1.54, 1.807) is 25.4 Å². The topological polar surface area (TPSA) is 98.3 Å². The third kappa shape index (κ3) is 5.13. The number of carbonyl (C=O) groups excluding carboxylic acids is 1. The Hall–Kier alpha value is -2.30. The molecule has 31 heavy (non-hydrogen) atoms. The van der Waals surface area contributed by atoms with Gasteiger partial charge >= 0.3 is 0 Å². The number of furan rings is 1. The molecular formula is C20H21ClN4O4S2. The summed E-state index contributed by atoms with van der Waals surface area (Å²) in [7, 11) is -1.40. The number of hydrogen-bond acceptors (Lipinski definition) is 7. The van der Waals surface area contributed by atoms with E-state index in [0.717, 1.165) is 11.3 Å². The first-order valence-electron chi connectivity index (χ1n) is 9.63. The Morgan fingerprint density at radius 2 is 2.06 bits per heavy atom. The van der Waals surface area contributed by atoms with Crippen molar-refractivity contribution >= 4 is 39.1 Å². The monoisotopic (exact) mass is 480 g/mol. The molecule has 1 fully saturated rings. The van der Waals surface area contributed by atoms with Gasteiger partial charge < -0.3 is 9.32 Å². The molecule has 0 N–H and O–H groups in total. The van der Waals surface area contributed by atoms with Crippen LogP contribution in [0.15, 0.2) is 52.2 Å². The van der Waals surface area contributed by atoms with Crippen molar-refractivity contribution in [3.05, 3.63) is 53.4 Å². The molecule has 1 amide bonds. The maximum atomic E-state index is 12.7.